The van der Waals surface area contributed by atoms with Crippen LogP contribution in [0.1, 0.15) is 154 Å². The number of carbonyl (C=O) groups is 3. The van der Waals surface area contributed by atoms with Crippen molar-refractivity contribution in [1.29, 1.82) is 0 Å². The van der Waals surface area contributed by atoms with E-state index in [0.29, 0.717) is 34.9 Å². The van der Waals surface area contributed by atoms with Crippen molar-refractivity contribution in [3.63, 3.8) is 0 Å². The molecule has 4 atom stereocenters. The zero-order valence-corrected chi connectivity index (χ0v) is 37.2. The number of esters is 2. The third-order valence-electron chi connectivity index (χ3n) is 13.2. The van der Waals surface area contributed by atoms with E-state index in [4.69, 9.17) is 9.47 Å². The Balaban J connectivity index is 1.34. The maximum atomic E-state index is 14.4. The number of hydrogen-bond acceptors (Lipinski definition) is 7. The quantitative estimate of drug-likeness (QED) is 0.0397. The Labute approximate surface area is 355 Å². The number of hydrogen-bond donors (Lipinski definition) is 5. The van der Waals surface area contributed by atoms with Crippen LogP contribution in [0.5, 0.6) is 0 Å². The second-order valence-electron chi connectivity index (χ2n) is 17.7. The maximum absolute atomic E-state index is 14.4. The summed E-state index contributed by atoms with van der Waals surface area (Å²) < 4.78 is 10.9. The zero-order chi connectivity index (χ0) is 43.4. The number of aromatic amines is 3. The van der Waals surface area contributed by atoms with Gasteiger partial charge in [0.1, 0.15) is 12.5 Å². The van der Waals surface area contributed by atoms with Crippen LogP contribution in [-0.2, 0) is 25.5 Å². The number of nitrogens with one attached hydrogen (secondary N) is 4. The normalized spacial score (nSPS) is 22.1. The molecule has 5 heterocycles. The van der Waals surface area contributed by atoms with Gasteiger partial charge in [0.15, 0.2) is 12.6 Å². The Bertz CT molecular complexity index is 2360. The Morgan fingerprint density at radius 3 is 2.32 bits per heavy atom. The Morgan fingerprint density at radius 2 is 1.62 bits per heavy atom. The first-order valence-corrected chi connectivity index (χ1v) is 22.0. The fourth-order valence-corrected chi connectivity index (χ4v) is 9.50. The van der Waals surface area contributed by atoms with Crippen molar-refractivity contribution in [3.8, 4) is 0 Å². The van der Waals surface area contributed by atoms with Gasteiger partial charge >= 0.3 is 11.9 Å². The third kappa shape index (κ3) is 9.14. The molecule has 0 unspecified atom stereocenters. The van der Waals surface area contributed by atoms with E-state index in [1.165, 1.54) is 31.3 Å². The molecule has 8 bridgehead atoms. The molecule has 3 aliphatic rings. The molecule has 0 radical (unpaired) electrons. The molecule has 0 saturated carbocycles. The lowest BCUT2D eigenvalue weighted by molar-refractivity contribution is -0.153. The summed E-state index contributed by atoms with van der Waals surface area (Å²) in [7, 11) is 0. The van der Waals surface area contributed by atoms with Crippen molar-refractivity contribution in [2.75, 3.05) is 13.4 Å². The minimum Gasteiger partial charge on any atom is -0.461 e. The number of carbonyl (C=O) groups excluding carboxylic acids is 3. The molecule has 6 rings (SSSR count). The van der Waals surface area contributed by atoms with E-state index in [9.17, 15) is 19.5 Å². The summed E-state index contributed by atoms with van der Waals surface area (Å²) in [5.74, 6) is -1.76. The van der Waals surface area contributed by atoms with Crippen molar-refractivity contribution in [1.82, 2.24) is 20.3 Å². The standard InChI is InChI=1S/C50H66N4O6/c1-11-34-30(7)37-23-39-32(9)36(19-20-43(56)59-22-21-29(6)18-14-17-28(5)16-13-15-27(3)4)47(53-39)45-46(50(58)60-26-55)49(57)44-33(10)40(54-48(44)45)25-42-35(12-2)31(8)38(52-42)24-41(34)51-37/h11,21,23-25,27-28,32,36,46,51-55H,1,12-20,22,26H2,2-10H3/b29-21-,38-24-,39-23-,42-25-,47-45-/t28-,32+,36+,46-/m1/s1. The van der Waals surface area contributed by atoms with Gasteiger partial charge in [0.2, 0.25) is 0 Å². The van der Waals surface area contributed by atoms with Crippen molar-refractivity contribution in [2.45, 2.75) is 120 Å². The summed E-state index contributed by atoms with van der Waals surface area (Å²) in [6.07, 6.45) is 18.6. The summed E-state index contributed by atoms with van der Waals surface area (Å²) in [5, 5.41) is 15.2. The largest absolute Gasteiger partial charge is 0.461 e. The van der Waals surface area contributed by atoms with Crippen LogP contribution in [-0.4, -0.2) is 51.2 Å². The van der Waals surface area contributed by atoms with Gasteiger partial charge in [0, 0.05) is 74.1 Å². The SMILES string of the molecule is C=Cc1c2[nH]c(c1C)/C=C1\N/C(=C3\c4[nH]c(c(C)c4C(=O)[C@@H]3C(=O)OCO)/C=c3\[nH]/c(c(C)c3CC)=C\2)[C@@H](CCC(=O)OC/C=C(/C)CCC[C@H](C)CCCC(C)C)[C@@H]1C. The number of Topliss-reactive ketones (excluding diaryl/α,β-unsaturated/α-hetero) is 1. The van der Waals surface area contributed by atoms with Crippen LogP contribution in [0.25, 0.3) is 29.9 Å². The predicted molar refractivity (Wildman–Crippen MR) is 240 cm³/mol. The van der Waals surface area contributed by atoms with Crippen molar-refractivity contribution in [2.24, 2.45) is 29.6 Å². The number of aliphatic hydroxyl groups excluding tert-OH is 1. The monoisotopic (exact) mass is 818 g/mol. The minimum absolute atomic E-state index is 0.135. The molecule has 0 aromatic carbocycles. The van der Waals surface area contributed by atoms with Crippen LogP contribution in [0.2, 0.25) is 0 Å². The van der Waals surface area contributed by atoms with Crippen LogP contribution in [0, 0.1) is 50.4 Å². The van der Waals surface area contributed by atoms with Gasteiger partial charge in [-0.3, -0.25) is 14.4 Å². The first-order chi connectivity index (χ1) is 28.7. The highest BCUT2D eigenvalue weighted by Crippen LogP contribution is 2.48. The number of ketones is 1. The van der Waals surface area contributed by atoms with Crippen LogP contribution in [0.15, 0.2) is 29.6 Å². The van der Waals surface area contributed by atoms with Gasteiger partial charge in [0.05, 0.1) is 5.69 Å². The lowest BCUT2D eigenvalue weighted by Gasteiger charge is -2.20. The van der Waals surface area contributed by atoms with E-state index in [0.717, 1.165) is 86.5 Å². The van der Waals surface area contributed by atoms with Gasteiger partial charge in [-0.1, -0.05) is 78.5 Å². The molecule has 3 aromatic heterocycles. The Hall–Kier alpha value is -5.09. The van der Waals surface area contributed by atoms with Crippen LogP contribution >= 0.6 is 0 Å². The van der Waals surface area contributed by atoms with E-state index in [1.807, 2.05) is 25.2 Å². The van der Waals surface area contributed by atoms with Crippen molar-refractivity contribution >= 4 is 47.6 Å². The average Bonchev–Trinajstić information content (AvgIpc) is 3.94. The number of aliphatic hydroxyl groups is 1. The number of allylic oxidation sites excluding steroid dienone is 3. The molecule has 60 heavy (non-hydrogen) atoms. The molecule has 2 aliphatic heterocycles. The zero-order valence-electron chi connectivity index (χ0n) is 37.2. The van der Waals surface area contributed by atoms with Crippen LogP contribution < -0.4 is 16.0 Å². The van der Waals surface area contributed by atoms with Gasteiger partial charge < -0.3 is 34.8 Å². The fourth-order valence-electron chi connectivity index (χ4n) is 9.50. The number of rotatable bonds is 17. The van der Waals surface area contributed by atoms with E-state index in [-0.39, 0.29) is 36.6 Å². The third-order valence-corrected chi connectivity index (χ3v) is 13.2. The van der Waals surface area contributed by atoms with Gasteiger partial charge in [0.25, 0.3) is 0 Å². The highest BCUT2D eigenvalue weighted by molar-refractivity contribution is 6.24. The lowest BCUT2D eigenvalue weighted by atomic mass is 9.85. The molecule has 10 nitrogen and oxygen atoms in total. The molecule has 0 spiro atoms. The molecule has 0 amide bonds. The maximum Gasteiger partial charge on any atom is 0.323 e. The summed E-state index contributed by atoms with van der Waals surface area (Å²) in [6.45, 7) is 22.8. The highest BCUT2D eigenvalue weighted by atomic mass is 16.6. The lowest BCUT2D eigenvalue weighted by Crippen LogP contribution is -2.26. The minimum atomic E-state index is -1.30. The van der Waals surface area contributed by atoms with E-state index in [2.05, 4.69) is 94.4 Å². The molecular formula is C50H66N4O6. The predicted octanol–water partition coefficient (Wildman–Crippen LogP) is 8.59. The topological polar surface area (TPSA) is 149 Å². The number of H-pyrrole nitrogens is 3. The van der Waals surface area contributed by atoms with Gasteiger partial charge in [-0.05, 0) is 112 Å². The van der Waals surface area contributed by atoms with Gasteiger partial charge in [-0.2, -0.15) is 0 Å². The Morgan fingerprint density at radius 1 is 0.900 bits per heavy atom. The van der Waals surface area contributed by atoms with Crippen molar-refractivity contribution < 1.29 is 29.0 Å². The van der Waals surface area contributed by atoms with E-state index < -0.39 is 18.7 Å². The molecule has 322 valence electrons. The second kappa shape index (κ2) is 19.1. The summed E-state index contributed by atoms with van der Waals surface area (Å²) in [6, 6.07) is 0. The average molecular weight is 819 g/mol. The molecule has 5 N–H and O–H groups in total. The Kier molecular flexibility index (Phi) is 14.1. The fraction of sp³-hybridized carbons (Fsp3) is 0.500. The number of fused-ring (bicyclic) bond motifs is 7. The molecule has 10 heteroatoms. The first-order valence-electron chi connectivity index (χ1n) is 22.0. The molecule has 1 aliphatic carbocycles. The van der Waals surface area contributed by atoms with Gasteiger partial charge in [-0.15, -0.1) is 0 Å². The number of ether oxygens (including phenoxy) is 2. The van der Waals surface area contributed by atoms with Crippen LogP contribution in [0.4, 0.5) is 0 Å². The summed E-state index contributed by atoms with van der Waals surface area (Å²) >= 11 is 0. The molecule has 3 aromatic rings. The summed E-state index contributed by atoms with van der Waals surface area (Å²) in [4.78, 5) is 52.2. The van der Waals surface area contributed by atoms with Crippen LogP contribution in [0.3, 0.4) is 0 Å². The molecule has 1 fully saturated rings. The van der Waals surface area contributed by atoms with E-state index >= 15 is 0 Å². The summed E-state index contributed by atoms with van der Waals surface area (Å²) in [5.41, 5.74) is 11.8. The second-order valence-corrected chi connectivity index (χ2v) is 17.7. The molecule has 1 saturated heterocycles. The highest BCUT2D eigenvalue weighted by Gasteiger charge is 2.48. The number of aromatic nitrogens is 3. The smallest absolute Gasteiger partial charge is 0.323 e. The molecular weight excluding hydrogens is 753 g/mol. The first kappa shape index (κ1) is 44.5. The van der Waals surface area contributed by atoms with E-state index in [1.54, 1.807) is 0 Å². The van der Waals surface area contributed by atoms with Crippen molar-refractivity contribution in [3.05, 3.63) is 96.5 Å². The van der Waals surface area contributed by atoms with Gasteiger partial charge in [-0.25, -0.2) is 0 Å².